The third-order valence-electron chi connectivity index (χ3n) is 5.87. The van der Waals surface area contributed by atoms with E-state index in [1.807, 2.05) is 0 Å². The van der Waals surface area contributed by atoms with Crippen molar-refractivity contribution in [2.75, 3.05) is 33.3 Å². The van der Waals surface area contributed by atoms with Gasteiger partial charge in [0, 0.05) is 30.8 Å². The topological polar surface area (TPSA) is 41.6 Å². The lowest BCUT2D eigenvalue weighted by molar-refractivity contribution is 0.0941. The minimum atomic E-state index is -0.330. The molecule has 1 amide bonds. The number of amides is 1. The molecule has 4 nitrogen and oxygen atoms in total. The van der Waals surface area contributed by atoms with E-state index in [9.17, 15) is 9.18 Å². The fourth-order valence-corrected chi connectivity index (χ4v) is 4.58. The van der Waals surface area contributed by atoms with Gasteiger partial charge in [0.05, 0.1) is 7.11 Å². The lowest BCUT2D eigenvalue weighted by Crippen LogP contribution is -2.42. The molecular formula is C22H26ClFN2O2. The van der Waals surface area contributed by atoms with E-state index in [1.165, 1.54) is 35.4 Å². The SMILES string of the molecule is COc1cccc2c1C1CCN(CCNC(=O)c3ccc(F)cc3)CC1C2.Cl. The van der Waals surface area contributed by atoms with Crippen molar-refractivity contribution in [2.45, 2.75) is 18.8 Å². The molecule has 1 N–H and O–H groups in total. The van der Waals surface area contributed by atoms with Crippen LogP contribution in [0.4, 0.5) is 4.39 Å². The summed E-state index contributed by atoms with van der Waals surface area (Å²) < 4.78 is 18.5. The van der Waals surface area contributed by atoms with Gasteiger partial charge < -0.3 is 15.0 Å². The summed E-state index contributed by atoms with van der Waals surface area (Å²) >= 11 is 0. The highest BCUT2D eigenvalue weighted by Gasteiger charge is 2.38. The average Bonchev–Trinajstić information content (AvgIpc) is 3.06. The van der Waals surface area contributed by atoms with Crippen LogP contribution in [0.25, 0.3) is 0 Å². The molecule has 0 bridgehead atoms. The number of carbonyl (C=O) groups excluding carboxylic acids is 1. The summed E-state index contributed by atoms with van der Waals surface area (Å²) in [5.41, 5.74) is 3.33. The van der Waals surface area contributed by atoms with Gasteiger partial charge in [-0.05, 0) is 67.1 Å². The summed E-state index contributed by atoms with van der Waals surface area (Å²) in [5.74, 6) is 1.76. The lowest BCUT2D eigenvalue weighted by atomic mass is 9.85. The lowest BCUT2D eigenvalue weighted by Gasteiger charge is -2.35. The van der Waals surface area contributed by atoms with Gasteiger partial charge >= 0.3 is 0 Å². The van der Waals surface area contributed by atoms with Gasteiger partial charge in [-0.25, -0.2) is 4.39 Å². The van der Waals surface area contributed by atoms with Crippen LogP contribution in [-0.2, 0) is 6.42 Å². The molecule has 0 radical (unpaired) electrons. The highest BCUT2D eigenvalue weighted by atomic mass is 35.5. The van der Waals surface area contributed by atoms with E-state index in [0.717, 1.165) is 38.2 Å². The van der Waals surface area contributed by atoms with E-state index >= 15 is 0 Å². The van der Waals surface area contributed by atoms with E-state index in [4.69, 9.17) is 4.74 Å². The fourth-order valence-electron chi connectivity index (χ4n) is 4.58. The number of likely N-dealkylation sites (tertiary alicyclic amines) is 1. The van der Waals surface area contributed by atoms with Crippen molar-refractivity contribution >= 4 is 18.3 Å². The third-order valence-corrected chi connectivity index (χ3v) is 5.87. The number of ether oxygens (including phenoxy) is 1. The average molecular weight is 405 g/mol. The summed E-state index contributed by atoms with van der Waals surface area (Å²) in [5, 5.41) is 2.94. The van der Waals surface area contributed by atoms with Crippen molar-refractivity contribution in [3.8, 4) is 5.75 Å². The second-order valence-electron chi connectivity index (χ2n) is 7.46. The molecule has 150 valence electrons. The minimum Gasteiger partial charge on any atom is -0.496 e. The second kappa shape index (κ2) is 8.93. The number of rotatable bonds is 5. The van der Waals surface area contributed by atoms with Crippen molar-refractivity contribution in [1.29, 1.82) is 0 Å². The van der Waals surface area contributed by atoms with Gasteiger partial charge in [0.1, 0.15) is 11.6 Å². The third kappa shape index (κ3) is 4.15. The first-order chi connectivity index (χ1) is 13.2. The number of hydrogen-bond acceptors (Lipinski definition) is 3. The molecule has 0 spiro atoms. The number of nitrogens with one attached hydrogen (secondary N) is 1. The zero-order chi connectivity index (χ0) is 18.8. The molecule has 1 aliphatic carbocycles. The van der Waals surface area contributed by atoms with E-state index < -0.39 is 0 Å². The molecule has 2 aromatic rings. The highest BCUT2D eigenvalue weighted by Crippen LogP contribution is 2.46. The second-order valence-corrected chi connectivity index (χ2v) is 7.46. The predicted octanol–water partition coefficient (Wildman–Crippen LogP) is 3.65. The Morgan fingerprint density at radius 1 is 1.25 bits per heavy atom. The maximum absolute atomic E-state index is 13.0. The van der Waals surface area contributed by atoms with Crippen molar-refractivity contribution in [3.63, 3.8) is 0 Å². The Morgan fingerprint density at radius 2 is 2.04 bits per heavy atom. The van der Waals surface area contributed by atoms with Gasteiger partial charge in [-0.1, -0.05) is 12.1 Å². The van der Waals surface area contributed by atoms with Crippen LogP contribution in [0.15, 0.2) is 42.5 Å². The number of carbonyl (C=O) groups is 1. The van der Waals surface area contributed by atoms with Crippen LogP contribution in [0.5, 0.6) is 5.75 Å². The van der Waals surface area contributed by atoms with Crippen molar-refractivity contribution in [1.82, 2.24) is 10.2 Å². The number of fused-ring (bicyclic) bond motifs is 3. The molecule has 2 aromatic carbocycles. The van der Waals surface area contributed by atoms with Gasteiger partial charge in [0.2, 0.25) is 0 Å². The molecule has 2 unspecified atom stereocenters. The Hall–Kier alpha value is -2.11. The van der Waals surface area contributed by atoms with E-state index in [1.54, 1.807) is 7.11 Å². The van der Waals surface area contributed by atoms with Crippen LogP contribution in [0.2, 0.25) is 0 Å². The quantitative estimate of drug-likeness (QED) is 0.827. The zero-order valence-electron chi connectivity index (χ0n) is 16.0. The van der Waals surface area contributed by atoms with Crippen molar-refractivity contribution in [2.24, 2.45) is 5.92 Å². The molecule has 1 heterocycles. The van der Waals surface area contributed by atoms with Gasteiger partial charge in [-0.2, -0.15) is 0 Å². The molecule has 28 heavy (non-hydrogen) atoms. The largest absolute Gasteiger partial charge is 0.496 e. The van der Waals surface area contributed by atoms with E-state index in [-0.39, 0.29) is 24.1 Å². The standard InChI is InChI=1S/C22H25FN2O2.ClH/c1-27-20-4-2-3-16-13-17-14-25(11-9-19(17)21(16)20)12-10-24-22(26)15-5-7-18(23)8-6-15;/h2-8,17,19H,9-14H2,1H3,(H,24,26);1H. The van der Waals surface area contributed by atoms with Crippen molar-refractivity contribution < 1.29 is 13.9 Å². The Bertz CT molecular complexity index is 828. The van der Waals surface area contributed by atoms with Crippen molar-refractivity contribution in [3.05, 3.63) is 65.0 Å². The number of piperidine rings is 1. The maximum Gasteiger partial charge on any atom is 0.251 e. The number of halogens is 2. The summed E-state index contributed by atoms with van der Waals surface area (Å²) in [4.78, 5) is 14.6. The number of methoxy groups -OCH3 is 1. The monoisotopic (exact) mass is 404 g/mol. The van der Waals surface area contributed by atoms with Gasteiger partial charge in [-0.15, -0.1) is 12.4 Å². The normalized spacial score (nSPS) is 20.6. The number of nitrogens with zero attached hydrogens (tertiary/aromatic N) is 1. The highest BCUT2D eigenvalue weighted by molar-refractivity contribution is 5.94. The van der Waals surface area contributed by atoms with E-state index in [2.05, 4.69) is 28.4 Å². The van der Waals surface area contributed by atoms with Crippen LogP contribution in [-0.4, -0.2) is 44.1 Å². The summed E-state index contributed by atoms with van der Waals surface area (Å²) in [6.07, 6.45) is 2.24. The van der Waals surface area contributed by atoms with Crippen LogP contribution in [0.3, 0.4) is 0 Å². The minimum absolute atomic E-state index is 0. The molecule has 2 aliphatic rings. The molecule has 1 saturated heterocycles. The first kappa shape index (κ1) is 20.6. The molecule has 2 atom stereocenters. The molecule has 6 heteroatoms. The smallest absolute Gasteiger partial charge is 0.251 e. The van der Waals surface area contributed by atoms with Gasteiger partial charge in [0.15, 0.2) is 0 Å². The van der Waals surface area contributed by atoms with Crippen LogP contribution < -0.4 is 10.1 Å². The first-order valence-corrected chi connectivity index (χ1v) is 9.57. The van der Waals surface area contributed by atoms with E-state index in [0.29, 0.717) is 23.9 Å². The number of hydrogen-bond donors (Lipinski definition) is 1. The predicted molar refractivity (Wildman–Crippen MR) is 110 cm³/mol. The Morgan fingerprint density at radius 3 is 2.79 bits per heavy atom. The summed E-state index contributed by atoms with van der Waals surface area (Å²) in [6.45, 7) is 3.52. The fraction of sp³-hybridized carbons (Fsp3) is 0.409. The Kier molecular flexibility index (Phi) is 6.57. The molecule has 1 fully saturated rings. The summed E-state index contributed by atoms with van der Waals surface area (Å²) in [6, 6.07) is 12.0. The summed E-state index contributed by atoms with van der Waals surface area (Å²) in [7, 11) is 1.75. The van der Waals surface area contributed by atoms with Crippen LogP contribution in [0, 0.1) is 11.7 Å². The Labute approximate surface area is 171 Å². The maximum atomic E-state index is 13.0. The zero-order valence-corrected chi connectivity index (χ0v) is 16.8. The van der Waals surface area contributed by atoms with Gasteiger partial charge in [0.25, 0.3) is 5.91 Å². The van der Waals surface area contributed by atoms with Crippen LogP contribution in [0.1, 0.15) is 33.8 Å². The molecule has 0 aromatic heterocycles. The molecule has 1 aliphatic heterocycles. The first-order valence-electron chi connectivity index (χ1n) is 9.57. The van der Waals surface area contributed by atoms with Crippen LogP contribution >= 0.6 is 12.4 Å². The molecular weight excluding hydrogens is 379 g/mol. The van der Waals surface area contributed by atoms with Gasteiger partial charge in [-0.3, -0.25) is 4.79 Å². The number of benzene rings is 2. The molecule has 4 rings (SSSR count). The Balaban J connectivity index is 0.00000225. The molecule has 0 saturated carbocycles.